The van der Waals surface area contributed by atoms with Gasteiger partial charge in [-0.2, -0.15) is 14.7 Å². The van der Waals surface area contributed by atoms with E-state index >= 15 is 0 Å². The van der Waals surface area contributed by atoms with Gasteiger partial charge in [-0.25, -0.2) is 9.97 Å². The Kier molecular flexibility index (Phi) is 7.69. The maximum Gasteiger partial charge on any atom is 0.270 e. The molecule has 2 amide bonds. The summed E-state index contributed by atoms with van der Waals surface area (Å²) in [6, 6.07) is 15.6. The third-order valence-corrected chi connectivity index (χ3v) is 10.7. The van der Waals surface area contributed by atoms with Crippen LogP contribution in [0.15, 0.2) is 54.7 Å². The molecule has 2 aliphatic carbocycles. The number of carbonyl (C=O) groups is 2. The molecule has 0 spiro atoms. The molecule has 5 aromatic rings. The van der Waals surface area contributed by atoms with Gasteiger partial charge in [-0.15, -0.1) is 0 Å². The molecule has 1 atom stereocenters. The lowest BCUT2D eigenvalue weighted by molar-refractivity contribution is -0.117. The van der Waals surface area contributed by atoms with Crippen LogP contribution in [0.1, 0.15) is 78.7 Å². The largest absolute Gasteiger partial charge is 0.364 e. The van der Waals surface area contributed by atoms with Crippen LogP contribution in [0.25, 0.3) is 16.8 Å². The van der Waals surface area contributed by atoms with Gasteiger partial charge in [-0.1, -0.05) is 25.1 Å². The van der Waals surface area contributed by atoms with E-state index in [0.29, 0.717) is 41.8 Å². The Morgan fingerprint density at radius 3 is 2.54 bits per heavy atom. The van der Waals surface area contributed by atoms with E-state index < -0.39 is 5.34 Å². The maximum absolute atomic E-state index is 12.7. The van der Waals surface area contributed by atoms with Gasteiger partial charge in [0.15, 0.2) is 5.65 Å². The summed E-state index contributed by atoms with van der Waals surface area (Å²) in [5.74, 6) is 1.06. The standard InChI is InChI=1S/C37H39B2N11O2/c1-4-28-34-25(17-40-49(34)23-18-48(19-23)37(38,39)29-10-6-9-27(42-29)36(52)41-22-13-14-22)24-7-5-8-26(33(24)47(28)3)43-32-16-30(45-35(51)21-11-12-21)44-31-15-20(2)46-50(31)32/h5-10,15-17,21-23,28,43H,4,11-14,18-19H2,1-3H3,(H,41,52)(H,44,45,51). The molecule has 3 fully saturated rings. The molecule has 3 N–H and O–H groups in total. The number of aryl methyl sites for hydroxylation is 1. The van der Waals surface area contributed by atoms with Crippen molar-refractivity contribution in [2.45, 2.75) is 69.4 Å². The van der Waals surface area contributed by atoms with Crippen molar-refractivity contribution in [3.05, 3.63) is 77.5 Å². The lowest BCUT2D eigenvalue weighted by Gasteiger charge is -2.50. The Hall–Kier alpha value is -5.17. The fraction of sp³-hybridized carbons (Fsp3) is 0.405. The van der Waals surface area contributed by atoms with Crippen molar-refractivity contribution in [2.24, 2.45) is 5.92 Å². The normalized spacial score (nSPS) is 18.8. The minimum atomic E-state index is -1.35. The van der Waals surface area contributed by atoms with Crippen LogP contribution in [0.3, 0.4) is 0 Å². The van der Waals surface area contributed by atoms with E-state index in [1.807, 2.05) is 36.2 Å². The Balaban J connectivity index is 0.992. The van der Waals surface area contributed by atoms with E-state index in [9.17, 15) is 9.59 Å². The van der Waals surface area contributed by atoms with E-state index in [-0.39, 0.29) is 35.9 Å². The highest BCUT2D eigenvalue weighted by Gasteiger charge is 2.43. The van der Waals surface area contributed by atoms with Gasteiger partial charge >= 0.3 is 0 Å². The number of aromatic nitrogens is 6. The molecule has 4 aromatic heterocycles. The molecule has 4 aliphatic rings. The predicted octanol–water partition coefficient (Wildman–Crippen LogP) is 4.19. The molecule has 1 unspecified atom stereocenters. The summed E-state index contributed by atoms with van der Waals surface area (Å²) in [4.78, 5) is 38.8. The van der Waals surface area contributed by atoms with Crippen LogP contribution in [-0.2, 0) is 10.1 Å². The van der Waals surface area contributed by atoms with Gasteiger partial charge in [-0.3, -0.25) is 14.3 Å². The highest BCUT2D eigenvalue weighted by Crippen LogP contribution is 2.50. The molecule has 260 valence electrons. The van der Waals surface area contributed by atoms with Gasteiger partial charge in [0, 0.05) is 61.1 Å². The Morgan fingerprint density at radius 2 is 1.79 bits per heavy atom. The second-order valence-corrected chi connectivity index (χ2v) is 14.6. The van der Waals surface area contributed by atoms with Gasteiger partial charge in [-0.05, 0) is 62.6 Å². The summed E-state index contributed by atoms with van der Waals surface area (Å²) in [6.07, 6.45) is 6.64. The minimum absolute atomic E-state index is 0.00319. The molecule has 2 saturated carbocycles. The summed E-state index contributed by atoms with van der Waals surface area (Å²) in [5, 5.41) is 17.9. The average molecular weight is 691 g/mol. The van der Waals surface area contributed by atoms with Crippen molar-refractivity contribution in [2.75, 3.05) is 35.7 Å². The first kappa shape index (κ1) is 32.7. The van der Waals surface area contributed by atoms with Crippen molar-refractivity contribution < 1.29 is 9.59 Å². The summed E-state index contributed by atoms with van der Waals surface area (Å²) in [7, 11) is 15.6. The number of carbonyl (C=O) groups excluding carboxylic acids is 2. The van der Waals surface area contributed by atoms with Gasteiger partial charge in [0.1, 0.15) is 17.3 Å². The average Bonchev–Trinajstić information content (AvgIpc) is 4.04. The Labute approximate surface area is 304 Å². The number of anilines is 4. The van der Waals surface area contributed by atoms with Crippen LogP contribution in [0.2, 0.25) is 0 Å². The van der Waals surface area contributed by atoms with E-state index in [0.717, 1.165) is 66.0 Å². The van der Waals surface area contributed by atoms with Crippen LogP contribution >= 0.6 is 0 Å². The molecule has 52 heavy (non-hydrogen) atoms. The van der Waals surface area contributed by atoms with Crippen LogP contribution in [0.4, 0.5) is 23.0 Å². The first-order chi connectivity index (χ1) is 25.1. The summed E-state index contributed by atoms with van der Waals surface area (Å²) in [5.41, 5.74) is 7.50. The zero-order valence-electron chi connectivity index (χ0n) is 29.5. The number of amides is 2. The van der Waals surface area contributed by atoms with Crippen LogP contribution in [0.5, 0.6) is 0 Å². The monoisotopic (exact) mass is 691 g/mol. The third kappa shape index (κ3) is 5.62. The number of hydrogen-bond acceptors (Lipinski definition) is 9. The zero-order valence-corrected chi connectivity index (χ0v) is 29.5. The summed E-state index contributed by atoms with van der Waals surface area (Å²) < 4.78 is 3.91. The smallest absolute Gasteiger partial charge is 0.270 e. The fourth-order valence-electron chi connectivity index (χ4n) is 7.55. The number of fused-ring (bicyclic) bond motifs is 4. The lowest BCUT2D eigenvalue weighted by Crippen LogP contribution is -2.60. The first-order valence-electron chi connectivity index (χ1n) is 18.1. The number of benzene rings is 1. The number of hydrogen-bond donors (Lipinski definition) is 3. The Morgan fingerprint density at radius 1 is 1.00 bits per heavy atom. The van der Waals surface area contributed by atoms with Crippen LogP contribution in [0, 0.1) is 12.8 Å². The zero-order chi connectivity index (χ0) is 35.9. The number of likely N-dealkylation sites (tertiary alicyclic amines) is 1. The molecule has 2 aliphatic heterocycles. The van der Waals surface area contributed by atoms with E-state index in [1.165, 1.54) is 0 Å². The van der Waals surface area contributed by atoms with Crippen LogP contribution in [-0.4, -0.2) is 87.9 Å². The van der Waals surface area contributed by atoms with Crippen molar-refractivity contribution >= 4 is 56.2 Å². The molecule has 1 aromatic carbocycles. The first-order valence-corrected chi connectivity index (χ1v) is 18.1. The molecular formula is C37H39B2N11O2. The summed E-state index contributed by atoms with van der Waals surface area (Å²) in [6.45, 7) is 5.28. The molecule has 0 bridgehead atoms. The number of pyridine rings is 1. The number of nitrogens with one attached hydrogen (secondary N) is 3. The molecule has 6 heterocycles. The van der Waals surface area contributed by atoms with Crippen molar-refractivity contribution in [1.82, 2.24) is 39.6 Å². The highest BCUT2D eigenvalue weighted by atomic mass is 16.2. The molecule has 15 heteroatoms. The summed E-state index contributed by atoms with van der Waals surface area (Å²) >= 11 is 0. The molecule has 9 rings (SSSR count). The number of rotatable bonds is 10. The van der Waals surface area contributed by atoms with E-state index in [4.69, 9.17) is 20.8 Å². The van der Waals surface area contributed by atoms with E-state index in [1.54, 1.807) is 22.7 Å². The SMILES string of the molecule is [B]C([B])(c1cccc(C(=O)NC2CC2)n1)N1CC(n2ncc3c2C(CC)N(C)c2c(Nc4cc(NC(=O)C5CC5)nc5cc(C)nn45)cccc2-3)C1. The number of para-hydroxylation sites is 1. The maximum atomic E-state index is 12.7. The quantitative estimate of drug-likeness (QED) is 0.184. The molecule has 1 saturated heterocycles. The lowest BCUT2D eigenvalue weighted by atomic mass is 9.57. The fourth-order valence-corrected chi connectivity index (χ4v) is 7.55. The van der Waals surface area contributed by atoms with Crippen molar-refractivity contribution in [3.63, 3.8) is 0 Å². The Bertz CT molecular complexity index is 2240. The van der Waals surface area contributed by atoms with Gasteiger partial charge in [0.05, 0.1) is 56.7 Å². The topological polar surface area (TPSA) is 138 Å². The van der Waals surface area contributed by atoms with Gasteiger partial charge in [0.2, 0.25) is 5.91 Å². The minimum Gasteiger partial charge on any atom is -0.364 e. The van der Waals surface area contributed by atoms with Crippen molar-refractivity contribution in [3.8, 4) is 11.1 Å². The third-order valence-electron chi connectivity index (χ3n) is 10.7. The highest BCUT2D eigenvalue weighted by molar-refractivity contribution is 6.39. The van der Waals surface area contributed by atoms with Crippen LogP contribution < -0.4 is 20.9 Å². The number of nitrogens with zero attached hydrogens (tertiary/aromatic N) is 8. The molecular weight excluding hydrogens is 652 g/mol. The molecule has 4 radical (unpaired) electrons. The second-order valence-electron chi connectivity index (χ2n) is 14.6. The molecule has 13 nitrogen and oxygen atoms in total. The van der Waals surface area contributed by atoms with Crippen molar-refractivity contribution in [1.29, 1.82) is 0 Å². The predicted molar refractivity (Wildman–Crippen MR) is 200 cm³/mol. The second kappa shape index (κ2) is 12.2. The van der Waals surface area contributed by atoms with Gasteiger partial charge < -0.3 is 25.8 Å². The van der Waals surface area contributed by atoms with Gasteiger partial charge in [0.25, 0.3) is 5.91 Å². The van der Waals surface area contributed by atoms with E-state index in [2.05, 4.69) is 66.7 Å².